The van der Waals surface area contributed by atoms with Gasteiger partial charge in [-0.1, -0.05) is 35.4 Å². The highest BCUT2D eigenvalue weighted by Gasteiger charge is 1.92. The van der Waals surface area contributed by atoms with Gasteiger partial charge in [-0.3, -0.25) is 0 Å². The summed E-state index contributed by atoms with van der Waals surface area (Å²) in [5, 5.41) is 0. The molecular formula is C8H15IO. The fourth-order valence-corrected chi connectivity index (χ4v) is 1.36. The van der Waals surface area contributed by atoms with E-state index in [9.17, 15) is 4.79 Å². The maximum Gasteiger partial charge on any atom is 0.129 e. The van der Waals surface area contributed by atoms with Crippen LogP contribution >= 0.6 is 22.6 Å². The van der Waals surface area contributed by atoms with Gasteiger partial charge in [-0.05, 0) is 24.2 Å². The average molecular weight is 254 g/mol. The topological polar surface area (TPSA) is 17.1 Å². The molecule has 0 unspecified atom stereocenters. The molecule has 0 aliphatic carbocycles. The zero-order valence-electron chi connectivity index (χ0n) is 6.53. The second-order valence-electron chi connectivity index (χ2n) is 2.56. The second-order valence-corrected chi connectivity index (χ2v) is 3.63. The Labute approximate surface area is 76.7 Å². The molecule has 0 heterocycles. The smallest absolute Gasteiger partial charge is 0.129 e. The van der Waals surface area contributed by atoms with Crippen LogP contribution in [-0.2, 0) is 4.79 Å². The number of Topliss-reactive ketones (excluding diaryl/α,β-unsaturated/α-hetero) is 1. The van der Waals surface area contributed by atoms with Gasteiger partial charge < -0.3 is 4.79 Å². The largest absolute Gasteiger partial charge is 0.300 e. The van der Waals surface area contributed by atoms with Crippen molar-refractivity contribution in [2.45, 2.75) is 39.0 Å². The third kappa shape index (κ3) is 8.40. The Hall–Kier alpha value is 0.400. The molecule has 1 nitrogen and oxygen atoms in total. The van der Waals surface area contributed by atoms with Gasteiger partial charge in [-0.15, -0.1) is 0 Å². The predicted molar refractivity (Wildman–Crippen MR) is 52.7 cm³/mol. The molecule has 0 saturated heterocycles. The molecule has 0 aliphatic heterocycles. The van der Waals surface area contributed by atoms with Gasteiger partial charge in [-0.2, -0.15) is 0 Å². The van der Waals surface area contributed by atoms with Crippen molar-refractivity contribution < 1.29 is 4.79 Å². The van der Waals surface area contributed by atoms with Gasteiger partial charge in [0.1, 0.15) is 5.78 Å². The number of hydrogen-bond acceptors (Lipinski definition) is 1. The van der Waals surface area contributed by atoms with Crippen LogP contribution in [0.25, 0.3) is 0 Å². The third-order valence-corrected chi connectivity index (χ3v) is 2.18. The fraction of sp³-hybridized carbons (Fsp3) is 0.875. The van der Waals surface area contributed by atoms with Gasteiger partial charge >= 0.3 is 0 Å². The molecule has 0 atom stereocenters. The van der Waals surface area contributed by atoms with Crippen molar-refractivity contribution in [3.63, 3.8) is 0 Å². The van der Waals surface area contributed by atoms with Crippen LogP contribution in [0.1, 0.15) is 39.0 Å². The molecule has 10 heavy (non-hydrogen) atoms. The molecule has 0 aliphatic rings. The van der Waals surface area contributed by atoms with Crippen molar-refractivity contribution in [1.82, 2.24) is 0 Å². The van der Waals surface area contributed by atoms with Crippen molar-refractivity contribution in [2.75, 3.05) is 4.43 Å². The van der Waals surface area contributed by atoms with E-state index in [0.717, 1.165) is 12.8 Å². The quantitative estimate of drug-likeness (QED) is 0.404. The van der Waals surface area contributed by atoms with Crippen LogP contribution in [0.3, 0.4) is 0 Å². The Morgan fingerprint density at radius 3 is 2.30 bits per heavy atom. The first kappa shape index (κ1) is 10.4. The summed E-state index contributed by atoms with van der Waals surface area (Å²) < 4.78 is 1.25. The van der Waals surface area contributed by atoms with Crippen LogP contribution in [0.15, 0.2) is 0 Å². The van der Waals surface area contributed by atoms with Crippen LogP contribution in [0.5, 0.6) is 0 Å². The molecule has 0 aromatic rings. The summed E-state index contributed by atoms with van der Waals surface area (Å²) >= 11 is 2.39. The van der Waals surface area contributed by atoms with Crippen LogP contribution < -0.4 is 0 Å². The molecule has 2 heteroatoms. The minimum Gasteiger partial charge on any atom is -0.300 e. The lowest BCUT2D eigenvalue weighted by Gasteiger charge is -1.95. The van der Waals surface area contributed by atoms with E-state index in [2.05, 4.69) is 22.6 Å². The van der Waals surface area contributed by atoms with E-state index in [4.69, 9.17) is 0 Å². The molecule has 60 valence electrons. The Bertz CT molecular complexity index is 91.3. The van der Waals surface area contributed by atoms with E-state index in [1.807, 2.05) is 0 Å². The summed E-state index contributed by atoms with van der Waals surface area (Å²) in [4.78, 5) is 10.5. The first-order chi connectivity index (χ1) is 4.77. The lowest BCUT2D eigenvalue weighted by molar-refractivity contribution is -0.117. The van der Waals surface area contributed by atoms with Crippen LogP contribution in [0.2, 0.25) is 0 Å². The van der Waals surface area contributed by atoms with E-state index in [1.165, 1.54) is 23.7 Å². The molecule has 0 aromatic heterocycles. The summed E-state index contributed by atoms with van der Waals surface area (Å²) in [6.07, 6.45) is 5.69. The van der Waals surface area contributed by atoms with Gasteiger partial charge in [0.05, 0.1) is 0 Å². The SMILES string of the molecule is CC(=O)CCCCCCI. The number of hydrogen-bond donors (Lipinski definition) is 0. The van der Waals surface area contributed by atoms with Gasteiger partial charge in [-0.25, -0.2) is 0 Å². The summed E-state index contributed by atoms with van der Waals surface area (Å²) in [5.74, 6) is 0.328. The molecule has 0 N–H and O–H groups in total. The Balaban J connectivity index is 2.84. The molecule has 0 bridgehead atoms. The summed E-state index contributed by atoms with van der Waals surface area (Å²) in [6.45, 7) is 1.67. The van der Waals surface area contributed by atoms with E-state index in [0.29, 0.717) is 5.78 Å². The molecule has 0 rings (SSSR count). The predicted octanol–water partition coefficient (Wildman–Crippen LogP) is 2.96. The summed E-state index contributed by atoms with van der Waals surface area (Å²) in [6, 6.07) is 0. The number of ketones is 1. The molecular weight excluding hydrogens is 239 g/mol. The fourth-order valence-electron chi connectivity index (χ4n) is 0.822. The van der Waals surface area contributed by atoms with E-state index < -0.39 is 0 Å². The molecule has 0 fully saturated rings. The molecule has 0 aromatic carbocycles. The van der Waals surface area contributed by atoms with Crippen molar-refractivity contribution in [2.24, 2.45) is 0 Å². The second kappa shape index (κ2) is 7.51. The average Bonchev–Trinajstić information content (AvgIpc) is 1.87. The highest BCUT2D eigenvalue weighted by Crippen LogP contribution is 2.04. The first-order valence-corrected chi connectivity index (χ1v) is 5.35. The first-order valence-electron chi connectivity index (χ1n) is 3.82. The Morgan fingerprint density at radius 1 is 1.20 bits per heavy atom. The van der Waals surface area contributed by atoms with Gasteiger partial charge in [0.25, 0.3) is 0 Å². The highest BCUT2D eigenvalue weighted by molar-refractivity contribution is 14.1. The molecule has 0 saturated carbocycles. The van der Waals surface area contributed by atoms with Crippen molar-refractivity contribution in [3.8, 4) is 0 Å². The zero-order chi connectivity index (χ0) is 7.82. The molecule has 0 amide bonds. The molecule has 0 radical (unpaired) electrons. The van der Waals surface area contributed by atoms with Crippen molar-refractivity contribution in [1.29, 1.82) is 0 Å². The number of unbranched alkanes of at least 4 members (excludes halogenated alkanes) is 3. The number of halogens is 1. The minimum atomic E-state index is 0.328. The normalized spacial score (nSPS) is 9.80. The van der Waals surface area contributed by atoms with Crippen molar-refractivity contribution >= 4 is 28.4 Å². The maximum absolute atomic E-state index is 10.5. The third-order valence-electron chi connectivity index (χ3n) is 1.41. The van der Waals surface area contributed by atoms with Crippen LogP contribution in [0, 0.1) is 0 Å². The van der Waals surface area contributed by atoms with E-state index in [1.54, 1.807) is 6.92 Å². The Morgan fingerprint density at radius 2 is 1.80 bits per heavy atom. The number of carbonyl (C=O) groups excluding carboxylic acids is 1. The van der Waals surface area contributed by atoms with Gasteiger partial charge in [0.15, 0.2) is 0 Å². The molecule has 0 spiro atoms. The summed E-state index contributed by atoms with van der Waals surface area (Å²) in [5.41, 5.74) is 0. The minimum absolute atomic E-state index is 0.328. The summed E-state index contributed by atoms with van der Waals surface area (Å²) in [7, 11) is 0. The lowest BCUT2D eigenvalue weighted by atomic mass is 10.1. The lowest BCUT2D eigenvalue weighted by Crippen LogP contribution is -1.89. The number of alkyl halides is 1. The monoisotopic (exact) mass is 254 g/mol. The Kier molecular flexibility index (Phi) is 7.81. The highest BCUT2D eigenvalue weighted by atomic mass is 127. The maximum atomic E-state index is 10.5. The number of rotatable bonds is 6. The van der Waals surface area contributed by atoms with Gasteiger partial charge in [0.2, 0.25) is 0 Å². The van der Waals surface area contributed by atoms with E-state index >= 15 is 0 Å². The zero-order valence-corrected chi connectivity index (χ0v) is 8.69. The van der Waals surface area contributed by atoms with Gasteiger partial charge in [0, 0.05) is 6.42 Å². The standard InChI is InChI=1S/C8H15IO/c1-8(10)6-4-2-3-5-7-9/h2-7H2,1H3. The van der Waals surface area contributed by atoms with Crippen LogP contribution in [0.4, 0.5) is 0 Å². The van der Waals surface area contributed by atoms with Crippen molar-refractivity contribution in [3.05, 3.63) is 0 Å². The number of carbonyl (C=O) groups is 1. The van der Waals surface area contributed by atoms with Crippen LogP contribution in [-0.4, -0.2) is 10.2 Å². The van der Waals surface area contributed by atoms with E-state index in [-0.39, 0.29) is 0 Å².